The van der Waals surface area contributed by atoms with E-state index in [4.69, 9.17) is 23.2 Å². The number of carbonyl (C=O) groups is 2. The predicted molar refractivity (Wildman–Crippen MR) is 88.5 cm³/mol. The lowest BCUT2D eigenvalue weighted by atomic mass is 10.3. The van der Waals surface area contributed by atoms with Crippen LogP contribution in [-0.2, 0) is 4.79 Å². The van der Waals surface area contributed by atoms with Crippen molar-refractivity contribution < 1.29 is 18.4 Å². The van der Waals surface area contributed by atoms with E-state index >= 15 is 0 Å². The molecule has 0 atom stereocenters. The molecule has 3 N–H and O–H groups in total. The van der Waals surface area contributed by atoms with Crippen LogP contribution < -0.4 is 16.0 Å². The topological polar surface area (TPSA) is 70.2 Å². The molecule has 0 bridgehead atoms. The first kappa shape index (κ1) is 18.0. The molecule has 0 saturated heterocycles. The van der Waals surface area contributed by atoms with Crippen molar-refractivity contribution in [2.24, 2.45) is 0 Å². The van der Waals surface area contributed by atoms with Gasteiger partial charge in [0.2, 0.25) is 5.91 Å². The Morgan fingerprint density at radius 2 is 1.71 bits per heavy atom. The van der Waals surface area contributed by atoms with Crippen LogP contribution >= 0.6 is 23.2 Å². The van der Waals surface area contributed by atoms with Gasteiger partial charge >= 0.3 is 6.03 Å². The van der Waals surface area contributed by atoms with Gasteiger partial charge in [-0.3, -0.25) is 4.79 Å². The van der Waals surface area contributed by atoms with Crippen LogP contribution in [0.2, 0.25) is 10.0 Å². The zero-order valence-electron chi connectivity index (χ0n) is 12.0. The number of carbonyl (C=O) groups excluding carboxylic acids is 2. The third kappa shape index (κ3) is 5.07. The van der Waals surface area contributed by atoms with Crippen LogP contribution in [0.3, 0.4) is 0 Å². The van der Waals surface area contributed by atoms with Gasteiger partial charge in [-0.1, -0.05) is 23.2 Å². The number of anilines is 2. The van der Waals surface area contributed by atoms with Crippen LogP contribution in [0.25, 0.3) is 0 Å². The van der Waals surface area contributed by atoms with E-state index in [0.29, 0.717) is 5.02 Å². The van der Waals surface area contributed by atoms with Crippen molar-refractivity contribution in [2.45, 2.75) is 0 Å². The highest BCUT2D eigenvalue weighted by Crippen LogP contribution is 2.25. The van der Waals surface area contributed by atoms with E-state index in [1.165, 1.54) is 12.1 Å². The van der Waals surface area contributed by atoms with Crippen LogP contribution in [0.15, 0.2) is 36.4 Å². The Balaban J connectivity index is 1.88. The molecule has 2 aromatic rings. The lowest BCUT2D eigenvalue weighted by molar-refractivity contribution is -0.115. The Bertz CT molecular complexity index is 722. The molecule has 0 aliphatic rings. The van der Waals surface area contributed by atoms with E-state index in [-0.39, 0.29) is 16.4 Å². The Kier molecular flexibility index (Phi) is 5.94. The van der Waals surface area contributed by atoms with Gasteiger partial charge in [-0.05, 0) is 30.3 Å². The molecule has 0 unspecified atom stereocenters. The Labute approximate surface area is 145 Å². The monoisotopic (exact) mass is 373 g/mol. The smallest absolute Gasteiger partial charge is 0.319 e. The average Bonchev–Trinajstić information content (AvgIpc) is 2.52. The van der Waals surface area contributed by atoms with E-state index in [1.807, 2.05) is 0 Å². The molecular weight excluding hydrogens is 363 g/mol. The number of nitrogens with one attached hydrogen (secondary N) is 3. The number of urea groups is 1. The van der Waals surface area contributed by atoms with Crippen molar-refractivity contribution in [3.63, 3.8) is 0 Å². The fraction of sp³-hybridized carbons (Fsp3) is 0.0667. The second-order valence-electron chi connectivity index (χ2n) is 4.60. The van der Waals surface area contributed by atoms with Crippen LogP contribution in [0, 0.1) is 11.6 Å². The first-order valence-electron chi connectivity index (χ1n) is 6.60. The number of benzene rings is 2. The van der Waals surface area contributed by atoms with Gasteiger partial charge in [-0.2, -0.15) is 0 Å². The SMILES string of the molecule is O=C(CNC(=O)Nc1cc(F)ccc1F)Nc1cc(Cl)ccc1Cl. The second-order valence-corrected chi connectivity index (χ2v) is 5.45. The molecule has 24 heavy (non-hydrogen) atoms. The minimum atomic E-state index is -0.869. The summed E-state index contributed by atoms with van der Waals surface area (Å²) in [4.78, 5) is 23.4. The summed E-state index contributed by atoms with van der Waals surface area (Å²) in [6.45, 7) is -0.411. The quantitative estimate of drug-likeness (QED) is 0.756. The van der Waals surface area contributed by atoms with Crippen molar-refractivity contribution in [1.82, 2.24) is 5.32 Å². The maximum Gasteiger partial charge on any atom is 0.319 e. The summed E-state index contributed by atoms with van der Waals surface area (Å²) in [5.74, 6) is -2.09. The summed E-state index contributed by atoms with van der Waals surface area (Å²) >= 11 is 11.7. The third-order valence-corrected chi connectivity index (χ3v) is 3.35. The fourth-order valence-electron chi connectivity index (χ4n) is 1.71. The Morgan fingerprint density at radius 1 is 0.958 bits per heavy atom. The third-order valence-electron chi connectivity index (χ3n) is 2.79. The number of hydrogen-bond donors (Lipinski definition) is 3. The van der Waals surface area contributed by atoms with Crippen LogP contribution in [-0.4, -0.2) is 18.5 Å². The molecule has 0 radical (unpaired) electrons. The zero-order chi connectivity index (χ0) is 17.7. The Morgan fingerprint density at radius 3 is 2.46 bits per heavy atom. The summed E-state index contributed by atoms with van der Waals surface area (Å²) in [5.41, 5.74) is -0.0571. The normalized spacial score (nSPS) is 10.2. The number of hydrogen-bond acceptors (Lipinski definition) is 2. The molecule has 126 valence electrons. The van der Waals surface area contributed by atoms with Crippen LogP contribution in [0.5, 0.6) is 0 Å². The molecule has 3 amide bonds. The van der Waals surface area contributed by atoms with Gasteiger partial charge in [-0.15, -0.1) is 0 Å². The maximum atomic E-state index is 13.4. The number of rotatable bonds is 4. The van der Waals surface area contributed by atoms with Crippen LogP contribution in [0.4, 0.5) is 25.0 Å². The van der Waals surface area contributed by atoms with Crippen molar-refractivity contribution in [2.75, 3.05) is 17.2 Å². The molecule has 9 heteroatoms. The Hall–Kier alpha value is -2.38. The molecule has 0 spiro atoms. The molecular formula is C15H11Cl2F2N3O2. The van der Waals surface area contributed by atoms with Gasteiger partial charge in [0.15, 0.2) is 0 Å². The van der Waals surface area contributed by atoms with Gasteiger partial charge in [0.1, 0.15) is 11.6 Å². The van der Waals surface area contributed by atoms with Gasteiger partial charge in [0.25, 0.3) is 0 Å². The van der Waals surface area contributed by atoms with Crippen molar-refractivity contribution in [3.05, 3.63) is 58.1 Å². The molecule has 0 saturated carbocycles. The minimum Gasteiger partial charge on any atom is -0.329 e. The van der Waals surface area contributed by atoms with E-state index in [9.17, 15) is 18.4 Å². The van der Waals surface area contributed by atoms with Crippen molar-refractivity contribution >= 4 is 46.5 Å². The van der Waals surface area contributed by atoms with Gasteiger partial charge in [-0.25, -0.2) is 13.6 Å². The summed E-state index contributed by atoms with van der Waals surface area (Å²) in [6.07, 6.45) is 0. The minimum absolute atomic E-state index is 0.277. The van der Waals surface area contributed by atoms with Gasteiger partial charge < -0.3 is 16.0 Å². The molecule has 2 aromatic carbocycles. The average molecular weight is 374 g/mol. The lowest BCUT2D eigenvalue weighted by Gasteiger charge is -2.10. The fourth-order valence-corrected chi connectivity index (χ4v) is 2.04. The first-order valence-corrected chi connectivity index (χ1v) is 7.35. The number of halogens is 4. The first-order chi connectivity index (χ1) is 11.3. The van der Waals surface area contributed by atoms with E-state index in [2.05, 4.69) is 16.0 Å². The molecule has 5 nitrogen and oxygen atoms in total. The summed E-state index contributed by atoms with van der Waals surface area (Å²) in [7, 11) is 0. The maximum absolute atomic E-state index is 13.4. The standard InChI is InChI=1S/C15H11Cl2F2N3O2/c16-8-1-3-10(17)12(5-8)21-14(23)7-20-15(24)22-13-6-9(18)2-4-11(13)19/h1-6H,7H2,(H,21,23)(H2,20,22,24). The highest BCUT2D eigenvalue weighted by atomic mass is 35.5. The highest BCUT2D eigenvalue weighted by Gasteiger charge is 2.11. The van der Waals surface area contributed by atoms with Crippen LogP contribution in [0.1, 0.15) is 0 Å². The van der Waals surface area contributed by atoms with E-state index < -0.39 is 30.1 Å². The van der Waals surface area contributed by atoms with Crippen molar-refractivity contribution in [1.29, 1.82) is 0 Å². The highest BCUT2D eigenvalue weighted by molar-refractivity contribution is 6.35. The second kappa shape index (κ2) is 7.94. The molecule has 0 heterocycles. The van der Waals surface area contributed by atoms with Gasteiger partial charge in [0, 0.05) is 11.1 Å². The molecule has 0 aliphatic heterocycles. The van der Waals surface area contributed by atoms with E-state index in [1.54, 1.807) is 6.07 Å². The zero-order valence-corrected chi connectivity index (χ0v) is 13.5. The predicted octanol–water partition coefficient (Wildman–Crippen LogP) is 4.03. The molecule has 0 fully saturated rings. The summed E-state index contributed by atoms with van der Waals surface area (Å²) < 4.78 is 26.4. The molecule has 2 rings (SSSR count). The summed E-state index contributed by atoms with van der Waals surface area (Å²) in [5, 5.41) is 7.42. The van der Waals surface area contributed by atoms with Crippen molar-refractivity contribution in [3.8, 4) is 0 Å². The largest absolute Gasteiger partial charge is 0.329 e. The lowest BCUT2D eigenvalue weighted by Crippen LogP contribution is -2.36. The number of amides is 3. The molecule has 0 aliphatic carbocycles. The molecule has 0 aromatic heterocycles. The van der Waals surface area contributed by atoms with E-state index in [0.717, 1.165) is 18.2 Å². The summed E-state index contributed by atoms with van der Waals surface area (Å²) in [6, 6.07) is 6.25. The van der Waals surface area contributed by atoms with Gasteiger partial charge in [0.05, 0.1) is 22.9 Å².